The number of carbonyl (C=O) groups is 1. The van der Waals surface area contributed by atoms with Crippen LogP contribution in [0.5, 0.6) is 5.75 Å². The molecular weight excluding hydrogens is 320 g/mol. The molecule has 2 aromatic carbocycles. The van der Waals surface area contributed by atoms with Crippen molar-refractivity contribution in [1.29, 1.82) is 0 Å². The number of anilines is 1. The van der Waals surface area contributed by atoms with Gasteiger partial charge in [-0.1, -0.05) is 15.9 Å². The van der Waals surface area contributed by atoms with E-state index in [2.05, 4.69) is 21.2 Å². The zero-order valence-corrected chi connectivity index (χ0v) is 11.0. The molecule has 1 amide bonds. The first-order valence-corrected chi connectivity index (χ1v) is 6.01. The lowest BCUT2D eigenvalue weighted by atomic mass is 10.2. The third-order valence-corrected chi connectivity index (χ3v) is 2.88. The highest BCUT2D eigenvalue weighted by Gasteiger charge is 2.12. The van der Waals surface area contributed by atoms with Crippen LogP contribution in [0.1, 0.15) is 10.4 Å². The van der Waals surface area contributed by atoms with E-state index >= 15 is 0 Å². The molecule has 0 saturated heterocycles. The Morgan fingerprint density at radius 1 is 1.11 bits per heavy atom. The Morgan fingerprint density at radius 3 is 2.47 bits per heavy atom. The topological polar surface area (TPSA) is 49.3 Å². The number of benzene rings is 2. The van der Waals surface area contributed by atoms with Crippen LogP contribution in [-0.2, 0) is 0 Å². The van der Waals surface area contributed by atoms with Crippen LogP contribution in [-0.4, -0.2) is 11.0 Å². The number of nitrogens with one attached hydrogen (secondary N) is 1. The molecule has 0 aliphatic carbocycles. The van der Waals surface area contributed by atoms with Gasteiger partial charge >= 0.3 is 0 Å². The van der Waals surface area contributed by atoms with Crippen molar-refractivity contribution in [2.24, 2.45) is 0 Å². The molecule has 3 nitrogen and oxygen atoms in total. The number of phenolic OH excluding ortho intramolecular Hbond substituents is 1. The van der Waals surface area contributed by atoms with Crippen molar-refractivity contribution in [2.45, 2.75) is 0 Å². The maximum atomic E-state index is 13.0. The fourth-order valence-electron chi connectivity index (χ4n) is 1.47. The van der Waals surface area contributed by atoms with E-state index in [9.17, 15) is 18.7 Å². The van der Waals surface area contributed by atoms with E-state index in [0.717, 1.165) is 12.1 Å². The van der Waals surface area contributed by atoms with Crippen molar-refractivity contribution in [3.8, 4) is 5.75 Å². The van der Waals surface area contributed by atoms with Gasteiger partial charge in [0.05, 0.1) is 5.56 Å². The number of hydrogen-bond donors (Lipinski definition) is 2. The fourth-order valence-corrected chi connectivity index (χ4v) is 1.82. The highest BCUT2D eigenvalue weighted by molar-refractivity contribution is 9.10. The van der Waals surface area contributed by atoms with Crippen LogP contribution >= 0.6 is 15.9 Å². The molecule has 0 heterocycles. The Morgan fingerprint density at radius 2 is 1.84 bits per heavy atom. The van der Waals surface area contributed by atoms with Gasteiger partial charge in [-0.2, -0.15) is 0 Å². The van der Waals surface area contributed by atoms with Gasteiger partial charge in [-0.25, -0.2) is 8.78 Å². The van der Waals surface area contributed by atoms with Crippen molar-refractivity contribution < 1.29 is 18.7 Å². The maximum absolute atomic E-state index is 13.0. The summed E-state index contributed by atoms with van der Waals surface area (Å²) in [5, 5.41) is 12.0. The normalized spacial score (nSPS) is 10.3. The Balaban J connectivity index is 2.23. The highest BCUT2D eigenvalue weighted by Crippen LogP contribution is 2.23. The Hall–Kier alpha value is -1.95. The van der Waals surface area contributed by atoms with Crippen molar-refractivity contribution in [3.63, 3.8) is 0 Å². The number of hydrogen-bond acceptors (Lipinski definition) is 2. The molecule has 0 saturated carbocycles. The second-order valence-electron chi connectivity index (χ2n) is 3.74. The second-order valence-corrected chi connectivity index (χ2v) is 4.66. The second kappa shape index (κ2) is 5.36. The predicted molar refractivity (Wildman–Crippen MR) is 70.1 cm³/mol. The SMILES string of the molecule is O=C(Nc1ccc(F)c(F)c1)c1ccc(Br)cc1O. The van der Waals surface area contributed by atoms with Crippen molar-refractivity contribution in [1.82, 2.24) is 0 Å². The molecule has 19 heavy (non-hydrogen) atoms. The monoisotopic (exact) mass is 327 g/mol. The van der Waals surface area contributed by atoms with Crippen LogP contribution in [0.4, 0.5) is 14.5 Å². The fraction of sp³-hybridized carbons (Fsp3) is 0. The minimum absolute atomic E-state index is 0.0351. The van der Waals surface area contributed by atoms with E-state index in [0.29, 0.717) is 4.47 Å². The zero-order valence-electron chi connectivity index (χ0n) is 9.45. The van der Waals surface area contributed by atoms with Gasteiger partial charge in [0.15, 0.2) is 11.6 Å². The van der Waals surface area contributed by atoms with Gasteiger partial charge in [-0.3, -0.25) is 4.79 Å². The number of carbonyl (C=O) groups excluding carboxylic acids is 1. The van der Waals surface area contributed by atoms with Crippen LogP contribution in [0, 0.1) is 11.6 Å². The van der Waals surface area contributed by atoms with Crippen LogP contribution in [0.15, 0.2) is 40.9 Å². The highest BCUT2D eigenvalue weighted by atomic mass is 79.9. The molecule has 0 unspecified atom stereocenters. The number of phenols is 1. The van der Waals surface area contributed by atoms with Gasteiger partial charge in [0, 0.05) is 16.2 Å². The van der Waals surface area contributed by atoms with Gasteiger partial charge in [-0.05, 0) is 30.3 Å². The van der Waals surface area contributed by atoms with E-state index < -0.39 is 17.5 Å². The molecule has 0 fully saturated rings. The summed E-state index contributed by atoms with van der Waals surface area (Å²) in [6.07, 6.45) is 0. The lowest BCUT2D eigenvalue weighted by Crippen LogP contribution is -2.12. The molecule has 0 atom stereocenters. The number of rotatable bonds is 2. The number of aromatic hydroxyl groups is 1. The standard InChI is InChI=1S/C13H8BrF2NO2/c14-7-1-3-9(12(18)5-7)13(19)17-8-2-4-10(15)11(16)6-8/h1-6,18H,(H,17,19). The summed E-state index contributed by atoms with van der Waals surface area (Å²) in [6.45, 7) is 0. The zero-order chi connectivity index (χ0) is 14.0. The van der Waals surface area contributed by atoms with Crippen LogP contribution in [0.2, 0.25) is 0 Å². The summed E-state index contributed by atoms with van der Waals surface area (Å²) in [5.41, 5.74) is 0.138. The van der Waals surface area contributed by atoms with Gasteiger partial charge in [0.2, 0.25) is 0 Å². The summed E-state index contributed by atoms with van der Waals surface area (Å²) in [7, 11) is 0. The molecule has 2 N–H and O–H groups in total. The third kappa shape index (κ3) is 3.08. The smallest absolute Gasteiger partial charge is 0.259 e. The molecule has 0 aliphatic rings. The lowest BCUT2D eigenvalue weighted by Gasteiger charge is -2.07. The number of halogens is 3. The van der Waals surface area contributed by atoms with Crippen LogP contribution < -0.4 is 5.32 Å². The summed E-state index contributed by atoms with van der Waals surface area (Å²) < 4.78 is 26.3. The molecule has 0 spiro atoms. The average Bonchev–Trinajstić information content (AvgIpc) is 2.33. The average molecular weight is 328 g/mol. The van der Waals surface area contributed by atoms with Crippen molar-refractivity contribution in [2.75, 3.05) is 5.32 Å². The largest absolute Gasteiger partial charge is 0.507 e. The molecular formula is C13H8BrF2NO2. The molecule has 2 rings (SSSR count). The predicted octanol–water partition coefficient (Wildman–Crippen LogP) is 3.69. The lowest BCUT2D eigenvalue weighted by molar-refractivity contribution is 0.102. The first kappa shape index (κ1) is 13.5. The first-order chi connectivity index (χ1) is 8.97. The van der Waals surface area contributed by atoms with Crippen molar-refractivity contribution in [3.05, 3.63) is 58.1 Å². The summed E-state index contributed by atoms with van der Waals surface area (Å²) >= 11 is 3.15. The first-order valence-electron chi connectivity index (χ1n) is 5.22. The van der Waals surface area contributed by atoms with Crippen LogP contribution in [0.3, 0.4) is 0 Å². The molecule has 98 valence electrons. The van der Waals surface area contributed by atoms with E-state index in [1.165, 1.54) is 18.2 Å². The Bertz CT molecular complexity index is 647. The van der Waals surface area contributed by atoms with Gasteiger partial charge in [0.25, 0.3) is 5.91 Å². The number of amides is 1. The summed E-state index contributed by atoms with van der Waals surface area (Å²) in [6, 6.07) is 7.36. The van der Waals surface area contributed by atoms with Gasteiger partial charge in [-0.15, -0.1) is 0 Å². The molecule has 0 bridgehead atoms. The van der Waals surface area contributed by atoms with Crippen LogP contribution in [0.25, 0.3) is 0 Å². The van der Waals surface area contributed by atoms with Crippen molar-refractivity contribution >= 4 is 27.5 Å². The Labute approximate surface area is 116 Å². The Kier molecular flexibility index (Phi) is 3.80. The summed E-state index contributed by atoms with van der Waals surface area (Å²) in [5.74, 6) is -2.88. The summed E-state index contributed by atoms with van der Waals surface area (Å²) in [4.78, 5) is 11.8. The molecule has 0 radical (unpaired) electrons. The minimum Gasteiger partial charge on any atom is -0.507 e. The van der Waals surface area contributed by atoms with Gasteiger partial charge < -0.3 is 10.4 Å². The third-order valence-electron chi connectivity index (χ3n) is 2.38. The molecule has 0 aromatic heterocycles. The minimum atomic E-state index is -1.06. The van der Waals surface area contributed by atoms with E-state index in [1.54, 1.807) is 6.07 Å². The van der Waals surface area contributed by atoms with Gasteiger partial charge in [0.1, 0.15) is 5.75 Å². The molecule has 6 heteroatoms. The quantitative estimate of drug-likeness (QED) is 0.883. The molecule has 2 aromatic rings. The molecule has 0 aliphatic heterocycles. The van der Waals surface area contributed by atoms with E-state index in [4.69, 9.17) is 0 Å². The van der Waals surface area contributed by atoms with E-state index in [1.807, 2.05) is 0 Å². The maximum Gasteiger partial charge on any atom is 0.259 e. The van der Waals surface area contributed by atoms with E-state index in [-0.39, 0.29) is 17.0 Å².